The summed E-state index contributed by atoms with van der Waals surface area (Å²) in [4.78, 5) is 0. The van der Waals surface area contributed by atoms with Crippen molar-refractivity contribution in [2.45, 2.75) is 0 Å². The molecule has 0 saturated heterocycles. The Hall–Kier alpha value is -7.62. The van der Waals surface area contributed by atoms with E-state index in [-0.39, 0.29) is 0 Å². The second-order valence-corrected chi connectivity index (χ2v) is 14.9. The fourth-order valence-electron chi connectivity index (χ4n) is 9.06. The van der Waals surface area contributed by atoms with Crippen molar-refractivity contribution in [2.75, 3.05) is 0 Å². The van der Waals surface area contributed by atoms with Gasteiger partial charge in [-0.15, -0.1) is 0 Å². The summed E-state index contributed by atoms with van der Waals surface area (Å²) in [7, 11) is 0. The zero-order valence-electron chi connectivity index (χ0n) is 30.9. The van der Waals surface area contributed by atoms with E-state index in [0.717, 1.165) is 49.7 Å². The second-order valence-electron chi connectivity index (χ2n) is 14.9. The summed E-state index contributed by atoms with van der Waals surface area (Å²) >= 11 is 0. The first kappa shape index (κ1) is 31.7. The summed E-state index contributed by atoms with van der Waals surface area (Å²) in [5, 5.41) is 7.14. The maximum absolute atomic E-state index is 6.51. The summed E-state index contributed by atoms with van der Waals surface area (Å²) in [6.45, 7) is 0. The minimum absolute atomic E-state index is 0.917. The molecule has 266 valence electrons. The Morgan fingerprint density at radius 3 is 1.51 bits per heavy atom. The number of furan rings is 1. The summed E-state index contributed by atoms with van der Waals surface area (Å²) in [5.74, 6) is 0. The summed E-state index contributed by atoms with van der Waals surface area (Å²) in [6, 6.07) is 74.4. The Morgan fingerprint density at radius 2 is 0.772 bits per heavy atom. The first-order chi connectivity index (χ1) is 28.3. The van der Waals surface area contributed by atoms with Crippen molar-refractivity contribution >= 4 is 65.6 Å². The molecule has 0 aliphatic heterocycles. The highest BCUT2D eigenvalue weighted by molar-refractivity contribution is 6.23. The molecule has 0 aliphatic rings. The van der Waals surface area contributed by atoms with Gasteiger partial charge in [0.05, 0.1) is 27.5 Å². The van der Waals surface area contributed by atoms with Crippen LogP contribution in [0.25, 0.3) is 110 Å². The zero-order valence-corrected chi connectivity index (χ0v) is 30.9. The first-order valence-corrected chi connectivity index (χ1v) is 19.5. The average Bonchev–Trinajstić information content (AvgIpc) is 3.94. The molecule has 12 rings (SSSR count). The van der Waals surface area contributed by atoms with E-state index < -0.39 is 0 Å². The lowest BCUT2D eigenvalue weighted by Crippen LogP contribution is -1.94. The van der Waals surface area contributed by atoms with Crippen LogP contribution in [-0.2, 0) is 0 Å². The van der Waals surface area contributed by atoms with Crippen LogP contribution in [0.2, 0.25) is 0 Å². The van der Waals surface area contributed by atoms with E-state index in [0.29, 0.717) is 0 Å². The van der Waals surface area contributed by atoms with Gasteiger partial charge in [0.15, 0.2) is 0 Å². The number of hydrogen-bond donors (Lipinski definition) is 0. The maximum atomic E-state index is 6.51. The lowest BCUT2D eigenvalue weighted by Gasteiger charge is -2.11. The van der Waals surface area contributed by atoms with E-state index >= 15 is 0 Å². The molecule has 0 atom stereocenters. The van der Waals surface area contributed by atoms with Gasteiger partial charge in [0.25, 0.3) is 0 Å². The Kier molecular flexibility index (Phi) is 6.93. The largest absolute Gasteiger partial charge is 0.455 e. The normalized spacial score (nSPS) is 11.9. The molecular formula is C54H34N2O. The number of nitrogens with zero attached hydrogens (tertiary/aromatic N) is 2. The quantitative estimate of drug-likeness (QED) is 0.173. The third-order valence-corrected chi connectivity index (χ3v) is 11.7. The van der Waals surface area contributed by atoms with Crippen LogP contribution in [-0.4, -0.2) is 9.13 Å². The van der Waals surface area contributed by atoms with Gasteiger partial charge in [-0.05, 0) is 106 Å². The number of hydrogen-bond acceptors (Lipinski definition) is 1. The van der Waals surface area contributed by atoms with E-state index in [2.05, 4.69) is 209 Å². The minimum atomic E-state index is 0.917. The highest BCUT2D eigenvalue weighted by Crippen LogP contribution is 2.41. The predicted octanol–water partition coefficient (Wildman–Crippen LogP) is 14.8. The number of fused-ring (bicyclic) bond motifs is 10. The van der Waals surface area contributed by atoms with E-state index in [9.17, 15) is 0 Å². The lowest BCUT2D eigenvalue weighted by molar-refractivity contribution is 0.673. The Bertz CT molecular complexity index is 3490. The Balaban J connectivity index is 0.906. The molecule has 0 N–H and O–H groups in total. The van der Waals surface area contributed by atoms with E-state index in [4.69, 9.17) is 4.42 Å². The Labute approximate surface area is 328 Å². The monoisotopic (exact) mass is 726 g/mol. The average molecular weight is 727 g/mol. The van der Waals surface area contributed by atoms with Crippen LogP contribution < -0.4 is 0 Å². The molecule has 57 heavy (non-hydrogen) atoms. The molecule has 3 heterocycles. The fraction of sp³-hybridized carbons (Fsp3) is 0. The smallest absolute Gasteiger partial charge is 0.145 e. The molecule has 3 nitrogen and oxygen atoms in total. The molecule has 0 bridgehead atoms. The van der Waals surface area contributed by atoms with E-state index in [1.807, 2.05) is 6.07 Å². The van der Waals surface area contributed by atoms with Crippen LogP contribution in [0.3, 0.4) is 0 Å². The molecule has 0 fully saturated rings. The summed E-state index contributed by atoms with van der Waals surface area (Å²) in [5.41, 5.74) is 16.1. The van der Waals surface area contributed by atoms with Crippen LogP contribution in [0, 0.1) is 0 Å². The van der Waals surface area contributed by atoms with E-state index in [1.165, 1.54) is 60.6 Å². The van der Waals surface area contributed by atoms with Crippen molar-refractivity contribution in [3.8, 4) is 44.8 Å². The molecule has 0 spiro atoms. The van der Waals surface area contributed by atoms with Gasteiger partial charge in [-0.25, -0.2) is 0 Å². The van der Waals surface area contributed by atoms with Crippen LogP contribution >= 0.6 is 0 Å². The van der Waals surface area contributed by atoms with Crippen LogP contribution in [0.4, 0.5) is 0 Å². The maximum Gasteiger partial charge on any atom is 0.145 e. The van der Waals surface area contributed by atoms with Crippen molar-refractivity contribution in [2.24, 2.45) is 0 Å². The first-order valence-electron chi connectivity index (χ1n) is 19.5. The topological polar surface area (TPSA) is 23.0 Å². The predicted molar refractivity (Wildman–Crippen MR) is 239 cm³/mol. The molecule has 0 aliphatic carbocycles. The SMILES string of the molecule is c1ccc(-c2cccc(-c3ccc4c(c3)c3ccccc3n4-c3ccc(-c4ccc(-n5c6ccccc6c6c7oc8ccccc8c7ccc65)cc4)cc3)c2)cc1. The van der Waals surface area contributed by atoms with Crippen molar-refractivity contribution in [3.05, 3.63) is 206 Å². The number of aromatic nitrogens is 2. The molecule has 3 heteroatoms. The Morgan fingerprint density at radius 1 is 0.281 bits per heavy atom. The van der Waals surface area contributed by atoms with Crippen molar-refractivity contribution in [1.82, 2.24) is 9.13 Å². The highest BCUT2D eigenvalue weighted by Gasteiger charge is 2.19. The zero-order chi connectivity index (χ0) is 37.5. The molecule has 0 saturated carbocycles. The summed E-state index contributed by atoms with van der Waals surface area (Å²) in [6.07, 6.45) is 0. The van der Waals surface area contributed by atoms with Crippen molar-refractivity contribution in [3.63, 3.8) is 0 Å². The van der Waals surface area contributed by atoms with Gasteiger partial charge in [-0.2, -0.15) is 0 Å². The molecule has 0 radical (unpaired) electrons. The molecule has 9 aromatic carbocycles. The van der Waals surface area contributed by atoms with Gasteiger partial charge in [-0.3, -0.25) is 0 Å². The standard InChI is InChI=1S/C54H34N2O/c1-2-11-35(12-3-1)38-13-10-14-39(33-38)40-25-31-50-47(34-40)43-15-4-7-18-48(43)55(50)41-26-21-36(22-27-41)37-23-28-42(29-24-37)56-49-19-8-5-17-46(49)53-51(56)32-30-45-44-16-6-9-20-52(44)57-54(45)53/h1-34H. The number of para-hydroxylation sites is 3. The lowest BCUT2D eigenvalue weighted by atomic mass is 9.98. The van der Waals surface area contributed by atoms with Crippen LogP contribution in [0.15, 0.2) is 211 Å². The van der Waals surface area contributed by atoms with Crippen LogP contribution in [0.5, 0.6) is 0 Å². The van der Waals surface area contributed by atoms with Crippen molar-refractivity contribution in [1.29, 1.82) is 0 Å². The van der Waals surface area contributed by atoms with Gasteiger partial charge >= 0.3 is 0 Å². The van der Waals surface area contributed by atoms with Gasteiger partial charge in [0, 0.05) is 38.3 Å². The van der Waals surface area contributed by atoms with Crippen molar-refractivity contribution < 1.29 is 4.42 Å². The third-order valence-electron chi connectivity index (χ3n) is 11.7. The molecular weight excluding hydrogens is 693 g/mol. The fourth-order valence-corrected chi connectivity index (χ4v) is 9.06. The van der Waals surface area contributed by atoms with Gasteiger partial charge in [0.1, 0.15) is 11.2 Å². The second kappa shape index (κ2) is 12.5. The molecule has 0 amide bonds. The van der Waals surface area contributed by atoms with Gasteiger partial charge in [-0.1, -0.05) is 133 Å². The number of benzene rings is 9. The summed E-state index contributed by atoms with van der Waals surface area (Å²) < 4.78 is 11.3. The minimum Gasteiger partial charge on any atom is -0.455 e. The molecule has 0 unspecified atom stereocenters. The highest BCUT2D eigenvalue weighted by atomic mass is 16.3. The van der Waals surface area contributed by atoms with Gasteiger partial charge in [0.2, 0.25) is 0 Å². The molecule has 12 aromatic rings. The van der Waals surface area contributed by atoms with E-state index in [1.54, 1.807) is 0 Å². The molecule has 3 aromatic heterocycles. The van der Waals surface area contributed by atoms with Crippen LogP contribution in [0.1, 0.15) is 0 Å². The van der Waals surface area contributed by atoms with Gasteiger partial charge < -0.3 is 13.6 Å². The third kappa shape index (κ3) is 4.92. The number of rotatable bonds is 5.